The lowest BCUT2D eigenvalue weighted by atomic mass is 10.3. The quantitative estimate of drug-likeness (QED) is 0.655. The van der Waals surface area contributed by atoms with Crippen LogP contribution in [-0.4, -0.2) is 11.7 Å². The summed E-state index contributed by atoms with van der Waals surface area (Å²) >= 11 is 0. The van der Waals surface area contributed by atoms with Crippen molar-refractivity contribution in [3.8, 4) is 0 Å². The van der Waals surface area contributed by atoms with E-state index in [4.69, 9.17) is 5.73 Å². The first-order chi connectivity index (χ1) is 9.58. The van der Waals surface area contributed by atoms with Gasteiger partial charge in [-0.2, -0.15) is 0 Å². The molecule has 0 aliphatic carbocycles. The van der Waals surface area contributed by atoms with Crippen LogP contribution < -0.4 is 11.1 Å². The summed E-state index contributed by atoms with van der Waals surface area (Å²) in [7, 11) is 0. The number of aliphatic imine (C=N–C) groups is 1. The molecule has 2 rings (SSSR count). The molecule has 21 heavy (non-hydrogen) atoms. The lowest BCUT2D eigenvalue weighted by Gasteiger charge is -2.04. The smallest absolute Gasteiger partial charge is 0.198 e. The van der Waals surface area contributed by atoms with Gasteiger partial charge in [0.05, 0.1) is 5.69 Å². The molecule has 0 fully saturated rings. The van der Waals surface area contributed by atoms with Crippen molar-refractivity contribution in [1.82, 2.24) is 0 Å². The highest BCUT2D eigenvalue weighted by Gasteiger charge is 1.93. The van der Waals surface area contributed by atoms with Crippen molar-refractivity contribution in [2.45, 2.75) is 13.8 Å². The van der Waals surface area contributed by atoms with Gasteiger partial charge in [-0.3, -0.25) is 0 Å². The summed E-state index contributed by atoms with van der Waals surface area (Å²) in [6, 6.07) is 19.3. The van der Waals surface area contributed by atoms with Crippen LogP contribution in [0.4, 0.5) is 11.4 Å². The first kappa shape index (κ1) is 18.7. The maximum absolute atomic E-state index is 9.44. The zero-order valence-electron chi connectivity index (χ0n) is 12.1. The van der Waals surface area contributed by atoms with Gasteiger partial charge in [0.15, 0.2) is 5.96 Å². The number of ketones is 1. The number of Topliss-reactive ketones (excluding diaryl/α,β-unsaturated/α-hetero) is 1. The molecule has 0 atom stereocenters. The van der Waals surface area contributed by atoms with E-state index in [2.05, 4.69) is 10.3 Å². The maximum atomic E-state index is 9.44. The molecule has 0 aromatic heterocycles. The van der Waals surface area contributed by atoms with Crippen LogP contribution in [0.25, 0.3) is 0 Å². The minimum absolute atomic E-state index is 0. The second-order valence-corrected chi connectivity index (χ2v) is 4.23. The van der Waals surface area contributed by atoms with E-state index in [0.717, 1.165) is 11.4 Å². The van der Waals surface area contributed by atoms with Gasteiger partial charge in [0.2, 0.25) is 0 Å². The van der Waals surface area contributed by atoms with Crippen LogP contribution in [0.1, 0.15) is 13.8 Å². The molecule has 0 bridgehead atoms. The highest BCUT2D eigenvalue weighted by molar-refractivity contribution is 5.93. The number of anilines is 1. The van der Waals surface area contributed by atoms with Crippen LogP contribution in [0.2, 0.25) is 0 Å². The third-order valence-corrected chi connectivity index (χ3v) is 2.05. The molecule has 0 saturated carbocycles. The molecule has 2 aromatic carbocycles. The van der Waals surface area contributed by atoms with Gasteiger partial charge in [0.1, 0.15) is 5.78 Å². The Hall–Kier alpha value is -2.33. The predicted octanol–water partition coefficient (Wildman–Crippen LogP) is 3.76. The molecule has 0 radical (unpaired) electrons. The fourth-order valence-electron chi connectivity index (χ4n) is 1.34. The zero-order valence-corrected chi connectivity index (χ0v) is 12.9. The Labute approximate surface area is 131 Å². The second kappa shape index (κ2) is 10.5. The van der Waals surface area contributed by atoms with E-state index in [1.165, 1.54) is 13.8 Å². The van der Waals surface area contributed by atoms with Crippen molar-refractivity contribution < 1.29 is 4.79 Å². The number of carbonyl (C=O) groups is 1. The SMILES string of the molecule is CC(C)=O.Cl.NC(=Nc1ccccc1)Nc1ccccc1. The van der Waals surface area contributed by atoms with Crippen molar-refractivity contribution >= 4 is 35.5 Å². The molecule has 0 saturated heterocycles. The van der Waals surface area contributed by atoms with Crippen LogP contribution >= 0.6 is 12.4 Å². The standard InChI is InChI=1S/C13H13N3.C3H6O.ClH/c14-13(15-11-7-3-1-4-8-11)16-12-9-5-2-6-10-12;1-3(2)4;/h1-10H,(H3,14,15,16);1-2H3;1H. The molecule has 0 amide bonds. The predicted molar refractivity (Wildman–Crippen MR) is 91.4 cm³/mol. The highest BCUT2D eigenvalue weighted by Crippen LogP contribution is 2.10. The number of para-hydroxylation sites is 2. The number of rotatable bonds is 2. The van der Waals surface area contributed by atoms with Gasteiger partial charge < -0.3 is 15.8 Å². The van der Waals surface area contributed by atoms with Gasteiger partial charge in [0, 0.05) is 5.69 Å². The molecular weight excluding hydrogens is 286 g/mol. The molecule has 0 aliphatic heterocycles. The van der Waals surface area contributed by atoms with E-state index in [0.29, 0.717) is 5.96 Å². The minimum Gasteiger partial charge on any atom is -0.369 e. The van der Waals surface area contributed by atoms with Crippen LogP contribution in [-0.2, 0) is 4.79 Å². The van der Waals surface area contributed by atoms with Gasteiger partial charge in [-0.15, -0.1) is 12.4 Å². The number of hydrogen-bond donors (Lipinski definition) is 2. The molecule has 0 unspecified atom stereocenters. The number of carbonyl (C=O) groups excluding carboxylic acids is 1. The second-order valence-electron chi connectivity index (χ2n) is 4.23. The van der Waals surface area contributed by atoms with Crippen molar-refractivity contribution in [3.63, 3.8) is 0 Å². The first-order valence-electron chi connectivity index (χ1n) is 6.26. The number of nitrogens with one attached hydrogen (secondary N) is 1. The summed E-state index contributed by atoms with van der Waals surface area (Å²) in [6.07, 6.45) is 0. The normalized spacial score (nSPS) is 9.71. The first-order valence-corrected chi connectivity index (χ1v) is 6.26. The Morgan fingerprint density at radius 3 is 1.86 bits per heavy atom. The van der Waals surface area contributed by atoms with Gasteiger partial charge in [-0.1, -0.05) is 36.4 Å². The van der Waals surface area contributed by atoms with E-state index in [1.807, 2.05) is 60.7 Å². The Morgan fingerprint density at radius 2 is 1.38 bits per heavy atom. The van der Waals surface area contributed by atoms with Crippen LogP contribution in [0.15, 0.2) is 65.7 Å². The zero-order chi connectivity index (χ0) is 14.8. The lowest BCUT2D eigenvalue weighted by molar-refractivity contribution is -0.114. The van der Waals surface area contributed by atoms with Gasteiger partial charge in [-0.25, -0.2) is 4.99 Å². The van der Waals surface area contributed by atoms with E-state index in [1.54, 1.807) is 0 Å². The topological polar surface area (TPSA) is 67.5 Å². The summed E-state index contributed by atoms with van der Waals surface area (Å²) in [4.78, 5) is 13.7. The van der Waals surface area contributed by atoms with Crippen molar-refractivity contribution in [3.05, 3.63) is 60.7 Å². The molecule has 0 heterocycles. The third kappa shape index (κ3) is 9.24. The number of hydrogen-bond acceptors (Lipinski definition) is 2. The minimum atomic E-state index is 0. The van der Waals surface area contributed by atoms with E-state index < -0.39 is 0 Å². The molecule has 4 nitrogen and oxygen atoms in total. The molecular formula is C16H20ClN3O. The fraction of sp³-hybridized carbons (Fsp3) is 0.125. The van der Waals surface area contributed by atoms with Crippen LogP contribution in [0.3, 0.4) is 0 Å². The van der Waals surface area contributed by atoms with E-state index in [9.17, 15) is 4.79 Å². The van der Waals surface area contributed by atoms with Crippen LogP contribution in [0, 0.1) is 0 Å². The monoisotopic (exact) mass is 305 g/mol. The van der Waals surface area contributed by atoms with Crippen molar-refractivity contribution in [1.29, 1.82) is 0 Å². The van der Waals surface area contributed by atoms with Crippen molar-refractivity contribution in [2.75, 3.05) is 5.32 Å². The number of nitrogens with zero attached hydrogens (tertiary/aromatic N) is 1. The lowest BCUT2D eigenvalue weighted by Crippen LogP contribution is -2.21. The highest BCUT2D eigenvalue weighted by atomic mass is 35.5. The maximum Gasteiger partial charge on any atom is 0.198 e. The average molecular weight is 306 g/mol. The Balaban J connectivity index is 0.000000715. The van der Waals surface area contributed by atoms with Crippen LogP contribution in [0.5, 0.6) is 0 Å². The largest absolute Gasteiger partial charge is 0.369 e. The summed E-state index contributed by atoms with van der Waals surface area (Å²) in [5.74, 6) is 0.553. The molecule has 0 aliphatic rings. The summed E-state index contributed by atoms with van der Waals surface area (Å²) < 4.78 is 0. The summed E-state index contributed by atoms with van der Waals surface area (Å²) in [6.45, 7) is 3.06. The van der Waals surface area contributed by atoms with Crippen molar-refractivity contribution in [2.24, 2.45) is 10.7 Å². The van der Waals surface area contributed by atoms with E-state index >= 15 is 0 Å². The Morgan fingerprint density at radius 1 is 0.952 bits per heavy atom. The number of halogens is 1. The molecule has 5 heteroatoms. The Kier molecular flexibility index (Phi) is 9.30. The fourth-order valence-corrected chi connectivity index (χ4v) is 1.34. The molecule has 2 aromatic rings. The van der Waals surface area contributed by atoms with Gasteiger partial charge in [-0.05, 0) is 38.1 Å². The Bertz CT molecular complexity index is 552. The van der Waals surface area contributed by atoms with Gasteiger partial charge in [0.25, 0.3) is 0 Å². The molecule has 3 N–H and O–H groups in total. The van der Waals surface area contributed by atoms with E-state index in [-0.39, 0.29) is 18.2 Å². The van der Waals surface area contributed by atoms with Gasteiger partial charge >= 0.3 is 0 Å². The average Bonchev–Trinajstić information content (AvgIpc) is 2.40. The number of guanidine groups is 1. The summed E-state index contributed by atoms with van der Waals surface area (Å²) in [5, 5.41) is 3.02. The molecule has 112 valence electrons. The number of benzene rings is 2. The molecule has 0 spiro atoms. The third-order valence-electron chi connectivity index (χ3n) is 2.05. The number of nitrogens with two attached hydrogens (primary N) is 1. The summed E-state index contributed by atoms with van der Waals surface area (Å²) in [5.41, 5.74) is 7.54.